The molecule has 136 valence electrons. The van der Waals surface area contributed by atoms with E-state index in [1.54, 1.807) is 12.3 Å². The van der Waals surface area contributed by atoms with Crippen molar-refractivity contribution in [1.29, 1.82) is 0 Å². The molecule has 2 aromatic carbocycles. The Kier molecular flexibility index (Phi) is 5.01. The van der Waals surface area contributed by atoms with Gasteiger partial charge in [0.05, 0.1) is 0 Å². The lowest BCUT2D eigenvalue weighted by Gasteiger charge is -2.17. The number of anilines is 4. The van der Waals surface area contributed by atoms with Crippen molar-refractivity contribution < 1.29 is 4.79 Å². The van der Waals surface area contributed by atoms with Crippen molar-refractivity contribution in [2.75, 3.05) is 28.6 Å². The second-order valence-electron chi connectivity index (χ2n) is 6.62. The molecule has 0 atom stereocenters. The molecule has 0 aliphatic carbocycles. The molecule has 0 unspecified atom stereocenters. The van der Waals surface area contributed by atoms with E-state index < -0.39 is 0 Å². The highest BCUT2D eigenvalue weighted by atomic mass is 16.1. The summed E-state index contributed by atoms with van der Waals surface area (Å²) < 4.78 is 0. The number of para-hydroxylation sites is 1. The van der Waals surface area contributed by atoms with Crippen molar-refractivity contribution in [3.63, 3.8) is 0 Å². The maximum atomic E-state index is 12.5. The number of amides is 1. The summed E-state index contributed by atoms with van der Waals surface area (Å²) in [5, 5.41) is 6.20. The third-order valence-corrected chi connectivity index (χ3v) is 4.65. The van der Waals surface area contributed by atoms with Crippen molar-refractivity contribution in [3.05, 3.63) is 78.6 Å². The number of nitrogens with zero attached hydrogens (tertiary/aromatic N) is 2. The van der Waals surface area contributed by atoms with Crippen LogP contribution in [0.15, 0.2) is 72.9 Å². The van der Waals surface area contributed by atoms with Crippen molar-refractivity contribution in [1.82, 2.24) is 4.98 Å². The van der Waals surface area contributed by atoms with Crippen LogP contribution >= 0.6 is 0 Å². The molecule has 0 bridgehead atoms. The number of carbonyl (C=O) groups excluding carboxylic acids is 1. The summed E-state index contributed by atoms with van der Waals surface area (Å²) >= 11 is 0. The second kappa shape index (κ2) is 7.91. The van der Waals surface area contributed by atoms with E-state index in [9.17, 15) is 4.79 Å². The van der Waals surface area contributed by atoms with Crippen LogP contribution in [0, 0.1) is 0 Å². The van der Waals surface area contributed by atoms with Gasteiger partial charge in [-0.15, -0.1) is 0 Å². The summed E-state index contributed by atoms with van der Waals surface area (Å²) in [4.78, 5) is 19.1. The minimum atomic E-state index is -0.222. The van der Waals surface area contributed by atoms with E-state index in [1.165, 1.54) is 18.5 Å². The zero-order chi connectivity index (χ0) is 18.5. The lowest BCUT2D eigenvalue weighted by molar-refractivity contribution is 0.102. The lowest BCUT2D eigenvalue weighted by atomic mass is 10.2. The molecule has 1 aliphatic rings. The molecule has 1 fully saturated rings. The summed E-state index contributed by atoms with van der Waals surface area (Å²) in [7, 11) is 0. The first kappa shape index (κ1) is 17.1. The van der Waals surface area contributed by atoms with Crippen LogP contribution in [0.5, 0.6) is 0 Å². The molecule has 27 heavy (non-hydrogen) atoms. The van der Waals surface area contributed by atoms with Gasteiger partial charge in [-0.2, -0.15) is 0 Å². The predicted octanol–water partition coefficient (Wildman–Crippen LogP) is 4.68. The van der Waals surface area contributed by atoms with Gasteiger partial charge in [-0.05, 0) is 61.4 Å². The van der Waals surface area contributed by atoms with E-state index >= 15 is 0 Å². The topological polar surface area (TPSA) is 57.3 Å². The highest BCUT2D eigenvalue weighted by Crippen LogP contribution is 2.22. The molecule has 2 N–H and O–H groups in total. The van der Waals surface area contributed by atoms with Gasteiger partial charge in [0.1, 0.15) is 5.69 Å². The first-order valence-electron chi connectivity index (χ1n) is 9.22. The Bertz CT molecular complexity index is 903. The third kappa shape index (κ3) is 4.26. The maximum Gasteiger partial charge on any atom is 0.274 e. The molecule has 3 aromatic rings. The molecule has 5 nitrogen and oxygen atoms in total. The van der Waals surface area contributed by atoms with Crippen molar-refractivity contribution in [2.24, 2.45) is 0 Å². The van der Waals surface area contributed by atoms with E-state index in [4.69, 9.17) is 0 Å². The molecule has 1 aliphatic heterocycles. The first-order valence-corrected chi connectivity index (χ1v) is 9.22. The fraction of sp³-hybridized carbons (Fsp3) is 0.182. The standard InChI is InChI=1S/C22H22N4O/c27-22(25-18-8-10-20(11-9-18)26-14-4-5-15-26)21-16-19(12-13-23-21)24-17-6-2-1-3-7-17/h1-3,6-13,16H,4-5,14-15H2,(H,23,24)(H,25,27). The Morgan fingerprint density at radius 1 is 0.852 bits per heavy atom. The highest BCUT2D eigenvalue weighted by Gasteiger charge is 2.13. The molecule has 5 heteroatoms. The Labute approximate surface area is 159 Å². The Morgan fingerprint density at radius 3 is 2.33 bits per heavy atom. The van der Waals surface area contributed by atoms with E-state index in [-0.39, 0.29) is 5.91 Å². The average Bonchev–Trinajstić information content (AvgIpc) is 3.24. The van der Waals surface area contributed by atoms with Gasteiger partial charge in [-0.25, -0.2) is 0 Å². The van der Waals surface area contributed by atoms with Crippen LogP contribution < -0.4 is 15.5 Å². The Hall–Kier alpha value is -3.34. The minimum Gasteiger partial charge on any atom is -0.372 e. The molecule has 1 amide bonds. The third-order valence-electron chi connectivity index (χ3n) is 4.65. The van der Waals surface area contributed by atoms with E-state index in [2.05, 4.69) is 32.7 Å². The molecule has 1 saturated heterocycles. The average molecular weight is 358 g/mol. The molecular weight excluding hydrogens is 336 g/mol. The van der Waals surface area contributed by atoms with Crippen molar-refractivity contribution in [3.8, 4) is 0 Å². The number of aromatic nitrogens is 1. The Balaban J connectivity index is 1.42. The SMILES string of the molecule is O=C(Nc1ccc(N2CCCC2)cc1)c1cc(Nc2ccccc2)ccn1. The number of rotatable bonds is 5. The number of nitrogens with one attached hydrogen (secondary N) is 2. The molecule has 0 saturated carbocycles. The maximum absolute atomic E-state index is 12.5. The summed E-state index contributed by atoms with van der Waals surface area (Å²) in [6.45, 7) is 2.22. The molecule has 1 aromatic heterocycles. The van der Waals surface area contributed by atoms with Gasteiger partial charge in [-0.3, -0.25) is 9.78 Å². The predicted molar refractivity (Wildman–Crippen MR) is 110 cm³/mol. The quantitative estimate of drug-likeness (QED) is 0.695. The Morgan fingerprint density at radius 2 is 1.59 bits per heavy atom. The van der Waals surface area contributed by atoms with Gasteiger partial charge in [0.2, 0.25) is 0 Å². The van der Waals surface area contributed by atoms with E-state index in [0.717, 1.165) is 30.2 Å². The van der Waals surface area contributed by atoms with Gasteiger partial charge in [0.25, 0.3) is 5.91 Å². The van der Waals surface area contributed by atoms with E-state index in [0.29, 0.717) is 5.69 Å². The zero-order valence-corrected chi connectivity index (χ0v) is 15.1. The lowest BCUT2D eigenvalue weighted by Crippen LogP contribution is -2.17. The van der Waals surface area contributed by atoms with Crippen LogP contribution in [0.1, 0.15) is 23.3 Å². The zero-order valence-electron chi connectivity index (χ0n) is 15.1. The fourth-order valence-corrected chi connectivity index (χ4v) is 3.25. The van der Waals surface area contributed by atoms with Gasteiger partial charge in [0.15, 0.2) is 0 Å². The number of benzene rings is 2. The number of hydrogen-bond acceptors (Lipinski definition) is 4. The normalized spacial score (nSPS) is 13.4. The molecule has 0 radical (unpaired) electrons. The number of hydrogen-bond donors (Lipinski definition) is 2. The van der Waals surface area contributed by atoms with E-state index in [1.807, 2.05) is 48.5 Å². The van der Waals surface area contributed by atoms with Crippen LogP contribution in [0.25, 0.3) is 0 Å². The van der Waals surface area contributed by atoms with Crippen molar-refractivity contribution in [2.45, 2.75) is 12.8 Å². The summed E-state index contributed by atoms with van der Waals surface area (Å²) in [5.41, 5.74) is 4.14. The monoisotopic (exact) mass is 358 g/mol. The van der Waals surface area contributed by atoms with Crippen LogP contribution in [0.4, 0.5) is 22.7 Å². The fourth-order valence-electron chi connectivity index (χ4n) is 3.25. The summed E-state index contributed by atoms with van der Waals surface area (Å²) in [6.07, 6.45) is 4.13. The van der Waals surface area contributed by atoms with Crippen LogP contribution in [0.2, 0.25) is 0 Å². The molecular formula is C22H22N4O. The largest absolute Gasteiger partial charge is 0.372 e. The smallest absolute Gasteiger partial charge is 0.274 e. The summed E-state index contributed by atoms with van der Waals surface area (Å²) in [5.74, 6) is -0.222. The van der Waals surface area contributed by atoms with Gasteiger partial charge in [-0.1, -0.05) is 18.2 Å². The van der Waals surface area contributed by atoms with Crippen LogP contribution in [0.3, 0.4) is 0 Å². The summed E-state index contributed by atoms with van der Waals surface area (Å²) in [6, 6.07) is 21.4. The van der Waals surface area contributed by atoms with Crippen LogP contribution in [-0.2, 0) is 0 Å². The number of carbonyl (C=O) groups is 1. The molecule has 0 spiro atoms. The van der Waals surface area contributed by atoms with Gasteiger partial charge in [0, 0.05) is 42.0 Å². The number of pyridine rings is 1. The molecule has 2 heterocycles. The minimum absolute atomic E-state index is 0.222. The van der Waals surface area contributed by atoms with Gasteiger partial charge >= 0.3 is 0 Å². The van der Waals surface area contributed by atoms with Crippen LogP contribution in [-0.4, -0.2) is 24.0 Å². The van der Waals surface area contributed by atoms with Crippen molar-refractivity contribution >= 4 is 28.7 Å². The molecule has 4 rings (SSSR count). The highest BCUT2D eigenvalue weighted by molar-refractivity contribution is 6.03. The van der Waals surface area contributed by atoms with Gasteiger partial charge < -0.3 is 15.5 Å². The second-order valence-corrected chi connectivity index (χ2v) is 6.62. The first-order chi connectivity index (χ1) is 13.3.